The average molecular weight is 271 g/mol. The molecule has 0 radical (unpaired) electrons. The average Bonchev–Trinajstić information content (AvgIpc) is 2.35. The van der Waals surface area contributed by atoms with Crippen LogP contribution in [0.3, 0.4) is 0 Å². The SMILES string of the molecule is O=Cc1ccc(Cl)cc1-c1cc(F)c(F)c(F)c1. The van der Waals surface area contributed by atoms with Gasteiger partial charge in [-0.1, -0.05) is 11.6 Å². The van der Waals surface area contributed by atoms with Crippen LogP contribution in [0.5, 0.6) is 0 Å². The summed E-state index contributed by atoms with van der Waals surface area (Å²) in [6, 6.07) is 5.92. The fourth-order valence-electron chi connectivity index (χ4n) is 1.59. The highest BCUT2D eigenvalue weighted by Crippen LogP contribution is 2.28. The van der Waals surface area contributed by atoms with Gasteiger partial charge in [0.05, 0.1) is 0 Å². The first-order chi connectivity index (χ1) is 8.52. The first-order valence-electron chi connectivity index (χ1n) is 4.92. The summed E-state index contributed by atoms with van der Waals surface area (Å²) < 4.78 is 39.1. The Labute approximate surface area is 106 Å². The number of aldehydes is 1. The molecule has 2 aromatic carbocycles. The summed E-state index contributed by atoms with van der Waals surface area (Å²) in [5.74, 6) is -4.18. The van der Waals surface area contributed by atoms with Crippen LogP contribution in [0.1, 0.15) is 10.4 Å². The van der Waals surface area contributed by atoms with Crippen molar-refractivity contribution in [2.45, 2.75) is 0 Å². The Morgan fingerprint density at radius 3 is 2.17 bits per heavy atom. The van der Waals surface area contributed by atoms with Crippen LogP contribution in [0.25, 0.3) is 11.1 Å². The Kier molecular flexibility index (Phi) is 3.39. The topological polar surface area (TPSA) is 17.1 Å². The van der Waals surface area contributed by atoms with Gasteiger partial charge in [-0.2, -0.15) is 0 Å². The van der Waals surface area contributed by atoms with Crippen LogP contribution in [0.15, 0.2) is 30.3 Å². The standard InChI is InChI=1S/C13H6ClF3O/c14-9-2-1-7(6-18)10(5-9)8-3-11(15)13(17)12(16)4-8/h1-6H. The zero-order valence-electron chi connectivity index (χ0n) is 8.88. The highest BCUT2D eigenvalue weighted by Gasteiger charge is 2.13. The van der Waals surface area contributed by atoms with E-state index in [9.17, 15) is 18.0 Å². The monoisotopic (exact) mass is 270 g/mol. The van der Waals surface area contributed by atoms with E-state index in [1.54, 1.807) is 0 Å². The Morgan fingerprint density at radius 2 is 1.61 bits per heavy atom. The van der Waals surface area contributed by atoms with Crippen molar-refractivity contribution in [3.63, 3.8) is 0 Å². The Bertz CT molecular complexity index is 603. The third-order valence-electron chi connectivity index (χ3n) is 2.44. The van der Waals surface area contributed by atoms with Gasteiger partial charge in [0, 0.05) is 10.6 Å². The van der Waals surface area contributed by atoms with Crippen LogP contribution in [0.2, 0.25) is 5.02 Å². The molecule has 0 spiro atoms. The largest absolute Gasteiger partial charge is 0.298 e. The molecule has 0 aromatic heterocycles. The Hall–Kier alpha value is -1.81. The quantitative estimate of drug-likeness (QED) is 0.589. The second-order valence-electron chi connectivity index (χ2n) is 3.60. The van der Waals surface area contributed by atoms with E-state index in [0.29, 0.717) is 11.3 Å². The van der Waals surface area contributed by atoms with Crippen molar-refractivity contribution in [2.24, 2.45) is 0 Å². The van der Waals surface area contributed by atoms with Gasteiger partial charge in [-0.15, -0.1) is 0 Å². The number of benzene rings is 2. The van der Waals surface area contributed by atoms with Crippen molar-refractivity contribution in [3.8, 4) is 11.1 Å². The fourth-order valence-corrected chi connectivity index (χ4v) is 1.76. The van der Waals surface area contributed by atoms with E-state index in [-0.39, 0.29) is 16.7 Å². The molecule has 0 bridgehead atoms. The van der Waals surface area contributed by atoms with Crippen molar-refractivity contribution in [1.82, 2.24) is 0 Å². The molecule has 18 heavy (non-hydrogen) atoms. The van der Waals surface area contributed by atoms with Crippen molar-refractivity contribution < 1.29 is 18.0 Å². The minimum atomic E-state index is -1.55. The van der Waals surface area contributed by atoms with Gasteiger partial charge in [0.2, 0.25) is 0 Å². The molecule has 0 fully saturated rings. The molecule has 0 heterocycles. The van der Waals surface area contributed by atoms with Crippen molar-refractivity contribution >= 4 is 17.9 Å². The van der Waals surface area contributed by atoms with E-state index < -0.39 is 17.5 Å². The molecule has 0 N–H and O–H groups in total. The third-order valence-corrected chi connectivity index (χ3v) is 2.67. The molecule has 2 rings (SSSR count). The van der Waals surface area contributed by atoms with Gasteiger partial charge >= 0.3 is 0 Å². The molecule has 0 aliphatic carbocycles. The molecule has 0 saturated heterocycles. The summed E-state index contributed by atoms with van der Waals surface area (Å²) in [5.41, 5.74) is 0.510. The second-order valence-corrected chi connectivity index (χ2v) is 4.04. The van der Waals surface area contributed by atoms with Crippen LogP contribution in [0.4, 0.5) is 13.2 Å². The summed E-state index contributed by atoms with van der Waals surface area (Å²) >= 11 is 5.76. The summed E-state index contributed by atoms with van der Waals surface area (Å²) in [5, 5.41) is 0.306. The summed E-state index contributed by atoms with van der Waals surface area (Å²) in [7, 11) is 0. The molecule has 0 unspecified atom stereocenters. The number of hydrogen-bond acceptors (Lipinski definition) is 1. The van der Waals surface area contributed by atoms with E-state index in [1.807, 2.05) is 0 Å². The first-order valence-corrected chi connectivity index (χ1v) is 5.30. The number of hydrogen-bond donors (Lipinski definition) is 0. The Morgan fingerprint density at radius 1 is 1.00 bits per heavy atom. The van der Waals surface area contributed by atoms with E-state index >= 15 is 0 Å². The number of rotatable bonds is 2. The van der Waals surface area contributed by atoms with Crippen LogP contribution >= 0.6 is 11.6 Å². The predicted molar refractivity (Wildman–Crippen MR) is 62.1 cm³/mol. The first kappa shape index (κ1) is 12.6. The highest BCUT2D eigenvalue weighted by atomic mass is 35.5. The molecule has 0 saturated carbocycles. The van der Waals surface area contributed by atoms with Crippen molar-refractivity contribution in [2.75, 3.05) is 0 Å². The van der Waals surface area contributed by atoms with E-state index in [0.717, 1.165) is 12.1 Å². The van der Waals surface area contributed by atoms with Gasteiger partial charge < -0.3 is 0 Å². The molecule has 2 aromatic rings. The molecule has 0 atom stereocenters. The predicted octanol–water partition coefficient (Wildman–Crippen LogP) is 4.24. The molecule has 0 aliphatic rings. The number of carbonyl (C=O) groups excluding carboxylic acids is 1. The fraction of sp³-hybridized carbons (Fsp3) is 0. The summed E-state index contributed by atoms with van der Waals surface area (Å²) in [4.78, 5) is 10.8. The van der Waals surface area contributed by atoms with Gasteiger partial charge in [0.1, 0.15) is 0 Å². The van der Waals surface area contributed by atoms with Crippen molar-refractivity contribution in [3.05, 3.63) is 58.4 Å². The normalized spacial score (nSPS) is 10.4. The maximum atomic E-state index is 13.1. The van der Waals surface area contributed by atoms with Crippen LogP contribution in [0, 0.1) is 17.5 Å². The minimum Gasteiger partial charge on any atom is -0.298 e. The molecule has 1 nitrogen and oxygen atoms in total. The zero-order chi connectivity index (χ0) is 13.3. The van der Waals surface area contributed by atoms with Crippen molar-refractivity contribution in [1.29, 1.82) is 0 Å². The number of carbonyl (C=O) groups is 1. The summed E-state index contributed by atoms with van der Waals surface area (Å²) in [6.07, 6.45) is 0.533. The molecular formula is C13H6ClF3O. The minimum absolute atomic E-state index is 0.0519. The lowest BCUT2D eigenvalue weighted by Gasteiger charge is -2.07. The van der Waals surface area contributed by atoms with Gasteiger partial charge in [-0.3, -0.25) is 4.79 Å². The van der Waals surface area contributed by atoms with E-state index in [1.165, 1.54) is 18.2 Å². The maximum Gasteiger partial charge on any atom is 0.194 e. The molecule has 0 amide bonds. The lowest BCUT2D eigenvalue weighted by Crippen LogP contribution is -1.94. The van der Waals surface area contributed by atoms with Gasteiger partial charge in [-0.05, 0) is 41.5 Å². The lowest BCUT2D eigenvalue weighted by molar-refractivity contribution is 0.112. The maximum absolute atomic E-state index is 13.1. The van der Waals surface area contributed by atoms with Gasteiger partial charge in [0.25, 0.3) is 0 Å². The smallest absolute Gasteiger partial charge is 0.194 e. The van der Waals surface area contributed by atoms with Gasteiger partial charge in [-0.25, -0.2) is 13.2 Å². The lowest BCUT2D eigenvalue weighted by atomic mass is 10.00. The zero-order valence-corrected chi connectivity index (χ0v) is 9.64. The van der Waals surface area contributed by atoms with Gasteiger partial charge in [0.15, 0.2) is 23.7 Å². The van der Waals surface area contributed by atoms with Crippen LogP contribution in [-0.2, 0) is 0 Å². The molecular weight excluding hydrogens is 265 g/mol. The highest BCUT2D eigenvalue weighted by molar-refractivity contribution is 6.31. The third kappa shape index (κ3) is 2.24. The molecule has 0 aliphatic heterocycles. The second kappa shape index (κ2) is 4.82. The van der Waals surface area contributed by atoms with E-state index in [2.05, 4.69) is 0 Å². The van der Waals surface area contributed by atoms with Crippen LogP contribution in [-0.4, -0.2) is 6.29 Å². The summed E-state index contributed by atoms with van der Waals surface area (Å²) in [6.45, 7) is 0. The molecule has 5 heteroatoms. The number of halogens is 4. The Balaban J connectivity index is 2.68. The molecule has 92 valence electrons. The van der Waals surface area contributed by atoms with Crippen LogP contribution < -0.4 is 0 Å². The van der Waals surface area contributed by atoms with E-state index in [4.69, 9.17) is 11.6 Å².